The first-order valence-corrected chi connectivity index (χ1v) is 5.73. The van der Waals surface area contributed by atoms with Gasteiger partial charge in [0.2, 0.25) is 0 Å². The molecule has 4 nitrogen and oxygen atoms in total. The molecule has 0 bridgehead atoms. The summed E-state index contributed by atoms with van der Waals surface area (Å²) in [6.07, 6.45) is 1.77. The standard InChI is InChI=1S/C11H23NO3/c1-4-7-10(11(13)15-6-3)12-8-9-14-5-2/h10,12H,4-9H2,1-3H3. The van der Waals surface area contributed by atoms with Crippen molar-refractivity contribution in [2.75, 3.05) is 26.4 Å². The third-order valence-corrected chi connectivity index (χ3v) is 1.99. The summed E-state index contributed by atoms with van der Waals surface area (Å²) < 4.78 is 10.2. The summed E-state index contributed by atoms with van der Waals surface area (Å²) in [6.45, 7) is 8.30. The van der Waals surface area contributed by atoms with E-state index in [1.54, 1.807) is 0 Å². The molecule has 0 aromatic rings. The van der Waals surface area contributed by atoms with Gasteiger partial charge in [-0.15, -0.1) is 0 Å². The van der Waals surface area contributed by atoms with E-state index < -0.39 is 0 Å². The van der Waals surface area contributed by atoms with Gasteiger partial charge in [0.05, 0.1) is 13.2 Å². The molecule has 0 heterocycles. The van der Waals surface area contributed by atoms with Crippen LogP contribution in [-0.2, 0) is 14.3 Å². The van der Waals surface area contributed by atoms with Crippen molar-refractivity contribution in [3.8, 4) is 0 Å². The first kappa shape index (κ1) is 14.4. The molecule has 4 heteroatoms. The summed E-state index contributed by atoms with van der Waals surface area (Å²) >= 11 is 0. The third kappa shape index (κ3) is 7.33. The molecule has 1 N–H and O–H groups in total. The highest BCUT2D eigenvalue weighted by molar-refractivity contribution is 5.75. The fraction of sp³-hybridized carbons (Fsp3) is 0.909. The van der Waals surface area contributed by atoms with Gasteiger partial charge in [0.25, 0.3) is 0 Å². The Morgan fingerprint density at radius 3 is 2.53 bits per heavy atom. The molecule has 0 fully saturated rings. The zero-order valence-corrected chi connectivity index (χ0v) is 10.0. The minimum atomic E-state index is -0.185. The normalized spacial score (nSPS) is 12.5. The van der Waals surface area contributed by atoms with Crippen LogP contribution in [0, 0.1) is 0 Å². The molecule has 1 atom stereocenters. The number of rotatable bonds is 9. The van der Waals surface area contributed by atoms with E-state index in [4.69, 9.17) is 9.47 Å². The lowest BCUT2D eigenvalue weighted by molar-refractivity contribution is -0.145. The molecular formula is C11H23NO3. The van der Waals surface area contributed by atoms with Gasteiger partial charge in [-0.3, -0.25) is 4.79 Å². The van der Waals surface area contributed by atoms with Gasteiger partial charge in [0.1, 0.15) is 6.04 Å². The van der Waals surface area contributed by atoms with E-state index in [-0.39, 0.29) is 12.0 Å². The topological polar surface area (TPSA) is 47.6 Å². The smallest absolute Gasteiger partial charge is 0.323 e. The summed E-state index contributed by atoms with van der Waals surface area (Å²) in [7, 11) is 0. The second kappa shape index (κ2) is 9.93. The number of carbonyl (C=O) groups excluding carboxylic acids is 1. The third-order valence-electron chi connectivity index (χ3n) is 1.99. The minimum Gasteiger partial charge on any atom is -0.465 e. The highest BCUT2D eigenvalue weighted by atomic mass is 16.5. The summed E-state index contributed by atoms with van der Waals surface area (Å²) in [5.74, 6) is -0.157. The Bertz CT molecular complexity index is 162. The number of hydrogen-bond acceptors (Lipinski definition) is 4. The lowest BCUT2D eigenvalue weighted by Gasteiger charge is -2.16. The van der Waals surface area contributed by atoms with E-state index in [1.807, 2.05) is 13.8 Å². The fourth-order valence-corrected chi connectivity index (χ4v) is 1.28. The molecule has 90 valence electrons. The monoisotopic (exact) mass is 217 g/mol. The lowest BCUT2D eigenvalue weighted by Crippen LogP contribution is -2.39. The van der Waals surface area contributed by atoms with Crippen molar-refractivity contribution in [1.29, 1.82) is 0 Å². The molecule has 0 aromatic carbocycles. The molecule has 0 aromatic heterocycles. The highest BCUT2D eigenvalue weighted by Gasteiger charge is 2.17. The molecule has 0 amide bonds. The van der Waals surface area contributed by atoms with Crippen molar-refractivity contribution < 1.29 is 14.3 Å². The van der Waals surface area contributed by atoms with E-state index in [0.717, 1.165) is 12.8 Å². The van der Waals surface area contributed by atoms with E-state index in [0.29, 0.717) is 26.4 Å². The fourth-order valence-electron chi connectivity index (χ4n) is 1.28. The average Bonchev–Trinajstić information content (AvgIpc) is 2.23. The first-order valence-electron chi connectivity index (χ1n) is 5.73. The Morgan fingerprint density at radius 2 is 2.00 bits per heavy atom. The molecule has 0 radical (unpaired) electrons. The Kier molecular flexibility index (Phi) is 9.52. The maximum absolute atomic E-state index is 11.5. The molecule has 0 aliphatic rings. The zero-order chi connectivity index (χ0) is 11.5. The quantitative estimate of drug-likeness (QED) is 0.468. The summed E-state index contributed by atoms with van der Waals surface area (Å²) in [5, 5.41) is 3.14. The van der Waals surface area contributed by atoms with Gasteiger partial charge in [-0.1, -0.05) is 13.3 Å². The maximum atomic E-state index is 11.5. The van der Waals surface area contributed by atoms with Crippen molar-refractivity contribution in [1.82, 2.24) is 5.32 Å². The van der Waals surface area contributed by atoms with Crippen molar-refractivity contribution >= 4 is 5.97 Å². The van der Waals surface area contributed by atoms with Crippen LogP contribution in [0.3, 0.4) is 0 Å². The molecule has 0 rings (SSSR count). The Morgan fingerprint density at radius 1 is 1.27 bits per heavy atom. The molecule has 0 aliphatic carbocycles. The van der Waals surface area contributed by atoms with Gasteiger partial charge >= 0.3 is 5.97 Å². The Hall–Kier alpha value is -0.610. The average molecular weight is 217 g/mol. The van der Waals surface area contributed by atoms with Crippen LogP contribution in [0.25, 0.3) is 0 Å². The van der Waals surface area contributed by atoms with E-state index in [1.165, 1.54) is 0 Å². The van der Waals surface area contributed by atoms with Gasteiger partial charge in [0, 0.05) is 13.2 Å². The first-order chi connectivity index (χ1) is 7.26. The van der Waals surface area contributed by atoms with Gasteiger partial charge in [-0.05, 0) is 20.3 Å². The van der Waals surface area contributed by atoms with Gasteiger partial charge < -0.3 is 14.8 Å². The maximum Gasteiger partial charge on any atom is 0.323 e. The van der Waals surface area contributed by atoms with Crippen LogP contribution in [0.15, 0.2) is 0 Å². The van der Waals surface area contributed by atoms with Crippen molar-refractivity contribution in [2.24, 2.45) is 0 Å². The highest BCUT2D eigenvalue weighted by Crippen LogP contribution is 1.99. The SMILES string of the molecule is CCCC(NCCOCC)C(=O)OCC. The van der Waals surface area contributed by atoms with Crippen LogP contribution in [-0.4, -0.2) is 38.4 Å². The van der Waals surface area contributed by atoms with E-state index >= 15 is 0 Å². The van der Waals surface area contributed by atoms with Crippen molar-refractivity contribution in [2.45, 2.75) is 39.7 Å². The number of esters is 1. The van der Waals surface area contributed by atoms with Crippen molar-refractivity contribution in [3.05, 3.63) is 0 Å². The lowest BCUT2D eigenvalue weighted by atomic mass is 10.1. The second-order valence-electron chi connectivity index (χ2n) is 3.24. The molecule has 0 saturated heterocycles. The van der Waals surface area contributed by atoms with Crippen LogP contribution in [0.2, 0.25) is 0 Å². The largest absolute Gasteiger partial charge is 0.465 e. The van der Waals surface area contributed by atoms with Gasteiger partial charge in [-0.2, -0.15) is 0 Å². The zero-order valence-electron chi connectivity index (χ0n) is 10.0. The van der Waals surface area contributed by atoms with Crippen LogP contribution in [0.1, 0.15) is 33.6 Å². The Balaban J connectivity index is 3.76. The van der Waals surface area contributed by atoms with E-state index in [9.17, 15) is 4.79 Å². The number of hydrogen-bond donors (Lipinski definition) is 1. The van der Waals surface area contributed by atoms with Crippen LogP contribution in [0.4, 0.5) is 0 Å². The van der Waals surface area contributed by atoms with Gasteiger partial charge in [-0.25, -0.2) is 0 Å². The van der Waals surface area contributed by atoms with Crippen LogP contribution in [0.5, 0.6) is 0 Å². The summed E-state index contributed by atoms with van der Waals surface area (Å²) in [4.78, 5) is 11.5. The predicted octanol–water partition coefficient (Wildman–Crippen LogP) is 1.34. The molecule has 0 saturated carbocycles. The van der Waals surface area contributed by atoms with Gasteiger partial charge in [0.15, 0.2) is 0 Å². The number of ether oxygens (including phenoxy) is 2. The van der Waals surface area contributed by atoms with Crippen LogP contribution < -0.4 is 5.32 Å². The molecular weight excluding hydrogens is 194 g/mol. The number of nitrogens with one attached hydrogen (secondary N) is 1. The molecule has 0 spiro atoms. The molecule has 0 aliphatic heterocycles. The minimum absolute atomic E-state index is 0.157. The van der Waals surface area contributed by atoms with E-state index in [2.05, 4.69) is 12.2 Å². The van der Waals surface area contributed by atoms with Crippen LogP contribution >= 0.6 is 0 Å². The Labute approximate surface area is 92.3 Å². The number of carbonyl (C=O) groups is 1. The molecule has 15 heavy (non-hydrogen) atoms. The predicted molar refractivity (Wildman–Crippen MR) is 59.8 cm³/mol. The summed E-state index contributed by atoms with van der Waals surface area (Å²) in [6, 6.07) is -0.185. The second-order valence-corrected chi connectivity index (χ2v) is 3.24. The summed E-state index contributed by atoms with van der Waals surface area (Å²) in [5.41, 5.74) is 0. The molecule has 1 unspecified atom stereocenters. The van der Waals surface area contributed by atoms with Crippen molar-refractivity contribution in [3.63, 3.8) is 0 Å².